The van der Waals surface area contributed by atoms with Gasteiger partial charge in [-0.05, 0) is 31.7 Å². The number of rotatable bonds is 8. The third-order valence-corrected chi connectivity index (χ3v) is 3.13. The maximum atomic E-state index is 5.85. The van der Waals surface area contributed by atoms with Crippen LogP contribution in [0.15, 0.2) is 48.5 Å². The highest BCUT2D eigenvalue weighted by atomic mass is 16.5. The molecule has 0 saturated heterocycles. The quantitative estimate of drug-likeness (QED) is 0.752. The van der Waals surface area contributed by atoms with Gasteiger partial charge in [-0.15, -0.1) is 0 Å². The van der Waals surface area contributed by atoms with Gasteiger partial charge in [0.2, 0.25) is 0 Å². The third-order valence-electron chi connectivity index (χ3n) is 3.13. The average molecular weight is 285 g/mol. The minimum absolute atomic E-state index is 0.539. The number of benzene rings is 2. The van der Waals surface area contributed by atoms with Crippen LogP contribution >= 0.6 is 0 Å². The molecular formula is C18H23NO2. The molecule has 0 aromatic heterocycles. The number of nitrogens with one attached hydrogen (secondary N) is 1. The van der Waals surface area contributed by atoms with Crippen molar-refractivity contribution in [1.82, 2.24) is 5.32 Å². The number of aryl methyl sites for hydroxylation is 1. The summed E-state index contributed by atoms with van der Waals surface area (Å²) in [6.07, 6.45) is 0. The smallest absolute Gasteiger partial charge is 0.123 e. The summed E-state index contributed by atoms with van der Waals surface area (Å²) in [7, 11) is 0. The lowest BCUT2D eigenvalue weighted by Gasteiger charge is -2.13. The van der Waals surface area contributed by atoms with E-state index in [0.29, 0.717) is 13.2 Å². The van der Waals surface area contributed by atoms with Crippen LogP contribution in [0.25, 0.3) is 0 Å². The zero-order valence-electron chi connectivity index (χ0n) is 12.8. The third kappa shape index (κ3) is 5.12. The van der Waals surface area contributed by atoms with Gasteiger partial charge in [0, 0.05) is 12.1 Å². The Morgan fingerprint density at radius 1 is 0.952 bits per heavy atom. The molecule has 0 unspecified atom stereocenters. The molecule has 0 fully saturated rings. The van der Waals surface area contributed by atoms with Crippen molar-refractivity contribution in [3.63, 3.8) is 0 Å². The molecule has 2 aromatic carbocycles. The van der Waals surface area contributed by atoms with Crippen LogP contribution in [0.1, 0.15) is 18.1 Å². The predicted molar refractivity (Wildman–Crippen MR) is 86.0 cm³/mol. The first-order valence-electron chi connectivity index (χ1n) is 7.40. The van der Waals surface area contributed by atoms with E-state index >= 15 is 0 Å². The van der Waals surface area contributed by atoms with Crippen molar-refractivity contribution >= 4 is 0 Å². The summed E-state index contributed by atoms with van der Waals surface area (Å²) in [5.74, 6) is 1.80. The van der Waals surface area contributed by atoms with Crippen LogP contribution < -0.4 is 14.8 Å². The molecule has 0 aliphatic rings. The second-order valence-electron chi connectivity index (χ2n) is 4.90. The highest BCUT2D eigenvalue weighted by molar-refractivity contribution is 5.36. The average Bonchev–Trinajstić information content (AvgIpc) is 2.52. The van der Waals surface area contributed by atoms with Crippen LogP contribution in [0.3, 0.4) is 0 Å². The Kier molecular flexibility index (Phi) is 6.10. The molecule has 0 aliphatic heterocycles. The molecule has 0 saturated carbocycles. The largest absolute Gasteiger partial charge is 0.490 e. The van der Waals surface area contributed by atoms with Crippen molar-refractivity contribution in [2.24, 2.45) is 0 Å². The second-order valence-corrected chi connectivity index (χ2v) is 4.90. The van der Waals surface area contributed by atoms with E-state index in [0.717, 1.165) is 24.6 Å². The summed E-state index contributed by atoms with van der Waals surface area (Å²) in [4.78, 5) is 0. The van der Waals surface area contributed by atoms with Crippen LogP contribution in [0, 0.1) is 6.92 Å². The van der Waals surface area contributed by atoms with Gasteiger partial charge in [-0.2, -0.15) is 0 Å². The maximum Gasteiger partial charge on any atom is 0.123 e. The van der Waals surface area contributed by atoms with Gasteiger partial charge in [-0.25, -0.2) is 0 Å². The number of ether oxygens (including phenoxy) is 2. The molecule has 0 atom stereocenters. The van der Waals surface area contributed by atoms with Crippen LogP contribution in [-0.2, 0) is 6.54 Å². The van der Waals surface area contributed by atoms with Gasteiger partial charge in [0.15, 0.2) is 0 Å². The minimum atomic E-state index is 0.539. The van der Waals surface area contributed by atoms with Gasteiger partial charge in [-0.3, -0.25) is 0 Å². The molecule has 3 heteroatoms. The fourth-order valence-corrected chi connectivity index (χ4v) is 2.07. The summed E-state index contributed by atoms with van der Waals surface area (Å²) in [5.41, 5.74) is 2.44. The van der Waals surface area contributed by atoms with Crippen molar-refractivity contribution in [2.75, 3.05) is 19.8 Å². The molecule has 0 radical (unpaired) electrons. The summed E-state index contributed by atoms with van der Waals surface area (Å²) in [6, 6.07) is 16.1. The van der Waals surface area contributed by atoms with Gasteiger partial charge < -0.3 is 14.8 Å². The van der Waals surface area contributed by atoms with E-state index in [9.17, 15) is 0 Å². The standard InChI is InChI=1S/C18H23NO2/c1-3-19-14-16-13-15(2)9-10-18(16)21-12-11-20-17-7-5-4-6-8-17/h4-10,13,19H,3,11-12,14H2,1-2H3. The molecule has 1 N–H and O–H groups in total. The van der Waals surface area contributed by atoms with Crippen LogP contribution in [0.5, 0.6) is 11.5 Å². The highest BCUT2D eigenvalue weighted by Gasteiger charge is 2.04. The number of hydrogen-bond acceptors (Lipinski definition) is 3. The van der Waals surface area contributed by atoms with Crippen LogP contribution in [0.4, 0.5) is 0 Å². The minimum Gasteiger partial charge on any atom is -0.490 e. The molecule has 0 spiro atoms. The zero-order valence-corrected chi connectivity index (χ0v) is 12.8. The molecule has 0 amide bonds. The molecule has 2 aromatic rings. The Bertz CT molecular complexity index is 540. The van der Waals surface area contributed by atoms with Crippen molar-refractivity contribution in [3.8, 4) is 11.5 Å². The van der Waals surface area contributed by atoms with Crippen molar-refractivity contribution in [3.05, 3.63) is 59.7 Å². The fourth-order valence-electron chi connectivity index (χ4n) is 2.07. The Morgan fingerprint density at radius 2 is 1.71 bits per heavy atom. The molecule has 0 bridgehead atoms. The van der Waals surface area contributed by atoms with E-state index in [1.807, 2.05) is 36.4 Å². The first-order chi connectivity index (χ1) is 10.3. The van der Waals surface area contributed by atoms with Gasteiger partial charge in [-0.1, -0.05) is 42.8 Å². The zero-order chi connectivity index (χ0) is 14.9. The molecule has 0 heterocycles. The summed E-state index contributed by atoms with van der Waals surface area (Å²) in [6.45, 7) is 7.05. The van der Waals surface area contributed by atoms with E-state index in [-0.39, 0.29) is 0 Å². The Morgan fingerprint density at radius 3 is 2.48 bits per heavy atom. The maximum absolute atomic E-state index is 5.85. The second kappa shape index (κ2) is 8.32. The molecule has 0 aliphatic carbocycles. The number of hydrogen-bond donors (Lipinski definition) is 1. The first-order valence-corrected chi connectivity index (χ1v) is 7.40. The number of para-hydroxylation sites is 1. The van der Waals surface area contributed by atoms with Gasteiger partial charge in [0.05, 0.1) is 0 Å². The van der Waals surface area contributed by atoms with Gasteiger partial charge in [0.1, 0.15) is 24.7 Å². The van der Waals surface area contributed by atoms with E-state index < -0.39 is 0 Å². The summed E-state index contributed by atoms with van der Waals surface area (Å²) >= 11 is 0. The van der Waals surface area contributed by atoms with Crippen molar-refractivity contribution in [2.45, 2.75) is 20.4 Å². The summed E-state index contributed by atoms with van der Waals surface area (Å²) in [5, 5.41) is 3.34. The molecule has 2 rings (SSSR count). The SMILES string of the molecule is CCNCc1cc(C)ccc1OCCOc1ccccc1. The van der Waals surface area contributed by atoms with E-state index in [1.54, 1.807) is 0 Å². The van der Waals surface area contributed by atoms with E-state index in [1.165, 1.54) is 11.1 Å². The Hall–Kier alpha value is -2.00. The topological polar surface area (TPSA) is 30.5 Å². The van der Waals surface area contributed by atoms with E-state index in [4.69, 9.17) is 9.47 Å². The van der Waals surface area contributed by atoms with Crippen molar-refractivity contribution < 1.29 is 9.47 Å². The van der Waals surface area contributed by atoms with Crippen LogP contribution in [0.2, 0.25) is 0 Å². The lowest BCUT2D eigenvalue weighted by Crippen LogP contribution is -2.14. The lowest BCUT2D eigenvalue weighted by atomic mass is 10.1. The normalized spacial score (nSPS) is 10.4. The molecule has 3 nitrogen and oxygen atoms in total. The molecule has 112 valence electrons. The summed E-state index contributed by atoms with van der Waals surface area (Å²) < 4.78 is 11.5. The Balaban J connectivity index is 1.84. The highest BCUT2D eigenvalue weighted by Crippen LogP contribution is 2.20. The molecule has 21 heavy (non-hydrogen) atoms. The Labute approximate surface area is 126 Å². The fraction of sp³-hybridized carbons (Fsp3) is 0.333. The first kappa shape index (κ1) is 15.4. The van der Waals surface area contributed by atoms with Gasteiger partial charge >= 0.3 is 0 Å². The monoisotopic (exact) mass is 285 g/mol. The predicted octanol–water partition coefficient (Wildman–Crippen LogP) is 3.56. The van der Waals surface area contributed by atoms with E-state index in [2.05, 4.69) is 31.3 Å². The van der Waals surface area contributed by atoms with Crippen molar-refractivity contribution in [1.29, 1.82) is 0 Å². The van der Waals surface area contributed by atoms with Crippen LogP contribution in [-0.4, -0.2) is 19.8 Å². The molecular weight excluding hydrogens is 262 g/mol. The van der Waals surface area contributed by atoms with Gasteiger partial charge in [0.25, 0.3) is 0 Å². The lowest BCUT2D eigenvalue weighted by molar-refractivity contribution is 0.215.